The molecule has 0 aliphatic carbocycles. The predicted octanol–water partition coefficient (Wildman–Crippen LogP) is -0.897. The summed E-state index contributed by atoms with van der Waals surface area (Å²) in [6.45, 7) is 0.196. The summed E-state index contributed by atoms with van der Waals surface area (Å²) in [4.78, 5) is 13.0. The smallest absolute Gasteiger partial charge is 0.248 e. The summed E-state index contributed by atoms with van der Waals surface area (Å²) in [6.07, 6.45) is 1.72. The number of ether oxygens (including phenoxy) is 1. The molecule has 2 heterocycles. The lowest BCUT2D eigenvalue weighted by molar-refractivity contribution is -0.119. The summed E-state index contributed by atoms with van der Waals surface area (Å²) in [6, 6.07) is -0.612. The third-order valence-corrected chi connectivity index (χ3v) is 2.16. The Morgan fingerprint density at radius 2 is 2.36 bits per heavy atom. The number of hydrogen-bond donors (Lipinski definition) is 1. The highest BCUT2D eigenvalue weighted by molar-refractivity contribution is 5.97. The molecule has 1 unspecified atom stereocenters. The number of amides is 1. The average molecular weight is 196 g/mol. The lowest BCUT2D eigenvalue weighted by atomic mass is 10.3. The van der Waals surface area contributed by atoms with Crippen molar-refractivity contribution in [2.45, 2.75) is 6.04 Å². The van der Waals surface area contributed by atoms with E-state index in [-0.39, 0.29) is 12.5 Å². The van der Waals surface area contributed by atoms with Crippen LogP contribution in [0.25, 0.3) is 0 Å². The Hall–Kier alpha value is -1.56. The van der Waals surface area contributed by atoms with Crippen molar-refractivity contribution in [1.29, 1.82) is 0 Å². The number of anilines is 1. The summed E-state index contributed by atoms with van der Waals surface area (Å²) in [5, 5.41) is 4.12. The van der Waals surface area contributed by atoms with E-state index in [0.717, 1.165) is 0 Å². The summed E-state index contributed by atoms with van der Waals surface area (Å²) in [7, 11) is 3.42. The van der Waals surface area contributed by atoms with E-state index >= 15 is 0 Å². The molecule has 14 heavy (non-hydrogen) atoms. The van der Waals surface area contributed by atoms with Crippen LogP contribution in [-0.2, 0) is 11.8 Å². The second kappa shape index (κ2) is 2.98. The Morgan fingerprint density at radius 3 is 3.07 bits per heavy atom. The predicted molar refractivity (Wildman–Crippen MR) is 50.1 cm³/mol. The first-order valence-electron chi connectivity index (χ1n) is 4.29. The van der Waals surface area contributed by atoms with Crippen molar-refractivity contribution in [2.75, 3.05) is 18.6 Å². The molecule has 0 saturated carbocycles. The van der Waals surface area contributed by atoms with Crippen molar-refractivity contribution < 1.29 is 9.53 Å². The van der Waals surface area contributed by atoms with Crippen LogP contribution in [0.4, 0.5) is 5.82 Å². The van der Waals surface area contributed by atoms with Gasteiger partial charge in [0, 0.05) is 14.1 Å². The number of rotatable bonds is 0. The molecule has 0 saturated heterocycles. The van der Waals surface area contributed by atoms with E-state index in [1.165, 1.54) is 4.90 Å². The van der Waals surface area contributed by atoms with E-state index in [0.29, 0.717) is 11.6 Å². The van der Waals surface area contributed by atoms with Crippen LogP contribution in [0.5, 0.6) is 5.75 Å². The molecule has 1 aliphatic rings. The first kappa shape index (κ1) is 9.01. The number of carbonyl (C=O) groups excluding carboxylic acids is 1. The minimum Gasteiger partial charge on any atom is -0.486 e. The van der Waals surface area contributed by atoms with Crippen LogP contribution >= 0.6 is 0 Å². The molecular weight excluding hydrogens is 184 g/mol. The summed E-state index contributed by atoms with van der Waals surface area (Å²) in [5.41, 5.74) is 5.59. The molecule has 1 amide bonds. The van der Waals surface area contributed by atoms with Gasteiger partial charge in [-0.15, -0.1) is 0 Å². The maximum absolute atomic E-state index is 11.6. The first-order valence-corrected chi connectivity index (χ1v) is 4.29. The summed E-state index contributed by atoms with van der Waals surface area (Å²) < 4.78 is 6.95. The zero-order chi connectivity index (χ0) is 10.3. The van der Waals surface area contributed by atoms with E-state index in [2.05, 4.69) is 5.10 Å². The highest BCUT2D eigenvalue weighted by atomic mass is 16.5. The fourth-order valence-corrected chi connectivity index (χ4v) is 1.39. The van der Waals surface area contributed by atoms with Gasteiger partial charge in [-0.2, -0.15) is 5.10 Å². The molecule has 1 aliphatic heterocycles. The van der Waals surface area contributed by atoms with Crippen LogP contribution in [-0.4, -0.2) is 35.4 Å². The molecule has 6 nitrogen and oxygen atoms in total. The molecule has 2 N–H and O–H groups in total. The lowest BCUT2D eigenvalue weighted by Gasteiger charge is -2.14. The van der Waals surface area contributed by atoms with Gasteiger partial charge >= 0.3 is 0 Å². The number of nitrogens with zero attached hydrogens (tertiary/aromatic N) is 3. The zero-order valence-electron chi connectivity index (χ0n) is 8.10. The van der Waals surface area contributed by atoms with E-state index in [9.17, 15) is 4.79 Å². The van der Waals surface area contributed by atoms with Gasteiger partial charge in [0.15, 0.2) is 11.6 Å². The third-order valence-electron chi connectivity index (χ3n) is 2.16. The number of fused-ring (bicyclic) bond motifs is 1. The minimum atomic E-state index is -0.612. The van der Waals surface area contributed by atoms with Gasteiger partial charge in [-0.3, -0.25) is 14.4 Å². The van der Waals surface area contributed by atoms with Crippen molar-refractivity contribution in [3.8, 4) is 5.75 Å². The Balaban J connectivity index is 2.43. The number of aryl methyl sites for hydroxylation is 1. The molecule has 1 atom stereocenters. The maximum atomic E-state index is 11.6. The van der Waals surface area contributed by atoms with Crippen molar-refractivity contribution in [2.24, 2.45) is 12.8 Å². The van der Waals surface area contributed by atoms with Crippen LogP contribution in [0.15, 0.2) is 6.20 Å². The van der Waals surface area contributed by atoms with Gasteiger partial charge < -0.3 is 10.5 Å². The van der Waals surface area contributed by atoms with Gasteiger partial charge in [0.05, 0.1) is 6.20 Å². The van der Waals surface area contributed by atoms with Crippen molar-refractivity contribution >= 4 is 11.7 Å². The van der Waals surface area contributed by atoms with Crippen LogP contribution in [0, 0.1) is 0 Å². The molecule has 0 spiro atoms. The van der Waals surface area contributed by atoms with Crippen molar-refractivity contribution in [3.63, 3.8) is 0 Å². The minimum absolute atomic E-state index is 0.178. The molecular formula is C8H12N4O2. The van der Waals surface area contributed by atoms with Crippen LogP contribution in [0.3, 0.4) is 0 Å². The SMILES string of the molecule is CN1C(=O)C(N)COc2cn(C)nc21. The Morgan fingerprint density at radius 1 is 1.64 bits per heavy atom. The summed E-state index contributed by atoms with van der Waals surface area (Å²) >= 11 is 0. The van der Waals surface area contributed by atoms with Gasteiger partial charge in [0.2, 0.25) is 5.91 Å². The van der Waals surface area contributed by atoms with E-state index in [1.807, 2.05) is 0 Å². The highest BCUT2D eigenvalue weighted by Gasteiger charge is 2.28. The molecule has 1 aromatic heterocycles. The Kier molecular flexibility index (Phi) is 1.92. The highest BCUT2D eigenvalue weighted by Crippen LogP contribution is 2.27. The number of nitrogens with two attached hydrogens (primary N) is 1. The van der Waals surface area contributed by atoms with E-state index < -0.39 is 6.04 Å². The Labute approximate surface area is 81.2 Å². The number of aromatic nitrogens is 2. The van der Waals surface area contributed by atoms with Gasteiger partial charge in [-0.25, -0.2) is 0 Å². The van der Waals surface area contributed by atoms with E-state index in [1.54, 1.807) is 25.0 Å². The molecule has 1 aromatic rings. The average Bonchev–Trinajstić information content (AvgIpc) is 2.49. The second-order valence-corrected chi connectivity index (χ2v) is 3.31. The van der Waals surface area contributed by atoms with Crippen molar-refractivity contribution in [1.82, 2.24) is 9.78 Å². The normalized spacial score (nSPS) is 21.5. The van der Waals surface area contributed by atoms with Crippen molar-refractivity contribution in [3.05, 3.63) is 6.20 Å². The van der Waals surface area contributed by atoms with Gasteiger partial charge in [0.25, 0.3) is 0 Å². The molecule has 6 heteroatoms. The zero-order valence-corrected chi connectivity index (χ0v) is 8.10. The fourth-order valence-electron chi connectivity index (χ4n) is 1.39. The standard InChI is InChI=1S/C8H12N4O2/c1-11-3-6-7(10-11)12(2)8(13)5(9)4-14-6/h3,5H,4,9H2,1-2H3. The number of likely N-dealkylation sites (N-methyl/N-ethyl adjacent to an activating group) is 1. The topological polar surface area (TPSA) is 73.4 Å². The summed E-state index contributed by atoms with van der Waals surface area (Å²) in [5.74, 6) is 0.934. The van der Waals surface area contributed by atoms with Gasteiger partial charge in [-0.1, -0.05) is 0 Å². The number of hydrogen-bond acceptors (Lipinski definition) is 4. The second-order valence-electron chi connectivity index (χ2n) is 3.31. The molecule has 0 fully saturated rings. The molecule has 0 bridgehead atoms. The maximum Gasteiger partial charge on any atom is 0.248 e. The lowest BCUT2D eigenvalue weighted by Crippen LogP contribution is -2.43. The fraction of sp³-hybridized carbons (Fsp3) is 0.500. The molecule has 2 rings (SSSR count). The first-order chi connectivity index (χ1) is 6.59. The van der Waals surface area contributed by atoms with E-state index in [4.69, 9.17) is 10.5 Å². The van der Waals surface area contributed by atoms with Crippen LogP contribution < -0.4 is 15.4 Å². The monoisotopic (exact) mass is 196 g/mol. The largest absolute Gasteiger partial charge is 0.486 e. The molecule has 0 radical (unpaired) electrons. The molecule has 76 valence electrons. The van der Waals surface area contributed by atoms with Crippen LogP contribution in [0.1, 0.15) is 0 Å². The quantitative estimate of drug-likeness (QED) is 0.583. The van der Waals surface area contributed by atoms with Gasteiger partial charge in [0.1, 0.15) is 12.6 Å². The van der Waals surface area contributed by atoms with Crippen LogP contribution in [0.2, 0.25) is 0 Å². The van der Waals surface area contributed by atoms with Gasteiger partial charge in [-0.05, 0) is 0 Å². The molecule has 0 aromatic carbocycles. The Bertz CT molecular complexity index is 373. The third kappa shape index (κ3) is 1.24. The number of carbonyl (C=O) groups is 1.